The number of nitrogens with two attached hydrogens (primary N) is 2. The van der Waals surface area contributed by atoms with E-state index in [-0.39, 0.29) is 18.1 Å². The maximum Gasteiger partial charge on any atom is 0.481 e. The van der Waals surface area contributed by atoms with Crippen molar-refractivity contribution in [2.75, 3.05) is 18.9 Å². The molecule has 2 aliphatic heterocycles. The fourth-order valence-electron chi connectivity index (χ4n) is 4.19. The first kappa shape index (κ1) is 28.2. The standard InChI is InChI=1S/C19H25N7O10P2S/c20-16-15-18(23-8-22-16)26(9-24-15)14-4-2-11(35-14)6-33-38(30,31)36-37(28,29)32-5-10-1-3-13(34-10)19-25-12(7-39-19)17(21)27/h7-11,13-14H,1-6H2,(H2,21,27)(H,28,29)(H,30,31)(H2,20,22,23)/t10-,11?,13+,14+/m0/s1. The van der Waals surface area contributed by atoms with Crippen molar-refractivity contribution in [3.8, 4) is 0 Å². The van der Waals surface area contributed by atoms with E-state index in [1.54, 1.807) is 4.57 Å². The third kappa shape index (κ3) is 6.69. The van der Waals surface area contributed by atoms with Crippen LogP contribution in [0.1, 0.15) is 53.5 Å². The van der Waals surface area contributed by atoms with Gasteiger partial charge in [-0.2, -0.15) is 4.31 Å². The number of thiazole rings is 1. The number of carbonyl (C=O) groups excluding carboxylic acids is 1. The van der Waals surface area contributed by atoms with Crippen molar-refractivity contribution in [3.63, 3.8) is 0 Å². The van der Waals surface area contributed by atoms with Crippen LogP contribution in [0.2, 0.25) is 0 Å². The van der Waals surface area contributed by atoms with Crippen LogP contribution in [0, 0.1) is 0 Å². The number of hydrogen-bond acceptors (Lipinski definition) is 14. The Morgan fingerprint density at radius 2 is 1.77 bits per heavy atom. The van der Waals surface area contributed by atoms with E-state index in [2.05, 4.69) is 24.2 Å². The van der Waals surface area contributed by atoms with Gasteiger partial charge in [-0.3, -0.25) is 18.4 Å². The summed E-state index contributed by atoms with van der Waals surface area (Å²) in [5, 5.41) is 2.05. The summed E-state index contributed by atoms with van der Waals surface area (Å²) in [6.45, 7) is -0.777. The third-order valence-corrected chi connectivity index (χ3v) is 9.53. The van der Waals surface area contributed by atoms with Gasteiger partial charge in [0.05, 0.1) is 31.7 Å². The van der Waals surface area contributed by atoms with Gasteiger partial charge >= 0.3 is 15.6 Å². The van der Waals surface area contributed by atoms with Crippen molar-refractivity contribution < 1.29 is 46.5 Å². The minimum Gasteiger partial charge on any atom is -0.382 e. The molecule has 5 rings (SSSR count). The number of carbonyl (C=O) groups is 1. The Balaban J connectivity index is 1.07. The summed E-state index contributed by atoms with van der Waals surface area (Å²) in [6, 6.07) is 0. The number of primary amides is 1. The average molecular weight is 605 g/mol. The molecule has 39 heavy (non-hydrogen) atoms. The highest BCUT2D eigenvalue weighted by Crippen LogP contribution is 2.60. The van der Waals surface area contributed by atoms with Crippen molar-refractivity contribution in [2.24, 2.45) is 5.73 Å². The van der Waals surface area contributed by atoms with Crippen molar-refractivity contribution in [3.05, 3.63) is 28.7 Å². The van der Waals surface area contributed by atoms with Crippen molar-refractivity contribution >= 4 is 49.9 Å². The number of nitrogens with zero attached hydrogens (tertiary/aromatic N) is 5. The smallest absolute Gasteiger partial charge is 0.382 e. The average Bonchev–Trinajstić information content (AvgIpc) is 3.66. The van der Waals surface area contributed by atoms with Crippen molar-refractivity contribution in [1.29, 1.82) is 0 Å². The van der Waals surface area contributed by atoms with Crippen LogP contribution in [0.4, 0.5) is 5.82 Å². The summed E-state index contributed by atoms with van der Waals surface area (Å²) in [5.74, 6) is -0.431. The monoisotopic (exact) mass is 605 g/mol. The number of imidazole rings is 1. The highest BCUT2D eigenvalue weighted by Gasteiger charge is 2.39. The Hall–Kier alpha value is -2.37. The Morgan fingerprint density at radius 1 is 1.08 bits per heavy atom. The van der Waals surface area contributed by atoms with E-state index in [1.807, 2.05) is 0 Å². The maximum atomic E-state index is 12.3. The van der Waals surface area contributed by atoms with E-state index >= 15 is 0 Å². The van der Waals surface area contributed by atoms with E-state index in [0.717, 1.165) is 0 Å². The van der Waals surface area contributed by atoms with E-state index in [1.165, 1.54) is 29.4 Å². The van der Waals surface area contributed by atoms with Crippen LogP contribution in [0.25, 0.3) is 11.2 Å². The number of aromatic nitrogens is 5. The molecule has 17 nitrogen and oxygen atoms in total. The lowest BCUT2D eigenvalue weighted by atomic mass is 10.2. The second-order valence-corrected chi connectivity index (χ2v) is 12.7. The molecule has 2 aliphatic rings. The number of phosphoric acid groups is 2. The highest BCUT2D eigenvalue weighted by atomic mass is 32.1. The van der Waals surface area contributed by atoms with Crippen LogP contribution in [0.3, 0.4) is 0 Å². The zero-order valence-electron chi connectivity index (χ0n) is 20.1. The molecule has 0 aliphatic carbocycles. The molecule has 6 N–H and O–H groups in total. The van der Waals surface area contributed by atoms with E-state index < -0.39 is 52.7 Å². The summed E-state index contributed by atoms with van der Waals surface area (Å²) in [4.78, 5) is 47.5. The number of amides is 1. The van der Waals surface area contributed by atoms with Gasteiger partial charge in [0.2, 0.25) is 0 Å². The SMILES string of the molecule is NC(=O)c1csc([C@H]2CC[C@@H](COP(=O)(O)OP(=O)(O)OCC3CC[C@H](n4cnc5c(N)ncnc54)O3)O2)n1. The quantitative estimate of drug-likeness (QED) is 0.228. The first-order valence-corrected chi connectivity index (χ1v) is 15.5. The van der Waals surface area contributed by atoms with Crippen molar-refractivity contribution in [1.82, 2.24) is 24.5 Å². The molecule has 3 aromatic heterocycles. The molecule has 0 spiro atoms. The Kier molecular flexibility index (Phi) is 8.13. The fourth-order valence-corrected chi connectivity index (χ4v) is 7.19. The first-order chi connectivity index (χ1) is 18.5. The second kappa shape index (κ2) is 11.2. The molecule has 0 saturated carbocycles. The second-order valence-electron chi connectivity index (χ2n) is 8.74. The molecular weight excluding hydrogens is 580 g/mol. The number of hydrogen-bond donors (Lipinski definition) is 4. The summed E-state index contributed by atoms with van der Waals surface area (Å²) >= 11 is 1.21. The lowest BCUT2D eigenvalue weighted by Gasteiger charge is -2.19. The molecule has 5 heterocycles. The molecule has 3 unspecified atom stereocenters. The van der Waals surface area contributed by atoms with E-state index in [9.17, 15) is 23.7 Å². The van der Waals surface area contributed by atoms with Gasteiger partial charge in [0, 0.05) is 5.38 Å². The topological polar surface area (TPSA) is 246 Å². The molecule has 2 fully saturated rings. The van der Waals surface area contributed by atoms with Crippen LogP contribution in [-0.4, -0.2) is 65.6 Å². The number of ether oxygens (including phenoxy) is 2. The van der Waals surface area contributed by atoms with Gasteiger partial charge in [0.25, 0.3) is 5.91 Å². The number of rotatable bonds is 11. The van der Waals surface area contributed by atoms with Crippen LogP contribution in [0.15, 0.2) is 18.0 Å². The summed E-state index contributed by atoms with van der Waals surface area (Å²) < 4.78 is 52.0. The molecule has 0 aromatic carbocycles. The first-order valence-electron chi connectivity index (χ1n) is 11.6. The lowest BCUT2D eigenvalue weighted by molar-refractivity contribution is -0.0212. The predicted molar refractivity (Wildman–Crippen MR) is 133 cm³/mol. The Morgan fingerprint density at radius 3 is 2.46 bits per heavy atom. The zero-order valence-corrected chi connectivity index (χ0v) is 22.7. The minimum absolute atomic E-state index is 0.124. The normalized spacial score (nSPS) is 26.5. The summed E-state index contributed by atoms with van der Waals surface area (Å²) in [7, 11) is -9.97. The van der Waals surface area contributed by atoms with Crippen LogP contribution >= 0.6 is 27.0 Å². The van der Waals surface area contributed by atoms with E-state index in [4.69, 9.17) is 30.0 Å². The Labute approximate surface area is 224 Å². The molecule has 20 heteroatoms. The molecule has 212 valence electrons. The van der Waals surface area contributed by atoms with Gasteiger partial charge in [-0.15, -0.1) is 11.3 Å². The van der Waals surface area contributed by atoms with Crippen LogP contribution < -0.4 is 11.5 Å². The number of anilines is 1. The Bertz CT molecular complexity index is 1450. The molecule has 3 aromatic rings. The van der Waals surface area contributed by atoms with E-state index in [0.29, 0.717) is 41.9 Å². The van der Waals surface area contributed by atoms with Crippen LogP contribution in [0.5, 0.6) is 0 Å². The van der Waals surface area contributed by atoms with Gasteiger partial charge in [-0.25, -0.2) is 29.1 Å². The molecule has 2 saturated heterocycles. The van der Waals surface area contributed by atoms with Crippen molar-refractivity contribution in [2.45, 2.75) is 50.2 Å². The molecule has 0 radical (unpaired) electrons. The zero-order chi connectivity index (χ0) is 27.8. The number of nitrogen functional groups attached to an aromatic ring is 1. The van der Waals surface area contributed by atoms with Gasteiger partial charge in [-0.05, 0) is 25.7 Å². The molecule has 6 atom stereocenters. The molecular formula is C19H25N7O10P2S. The molecule has 1 amide bonds. The number of phosphoric ester groups is 2. The van der Waals surface area contributed by atoms with Gasteiger partial charge < -0.3 is 30.7 Å². The van der Waals surface area contributed by atoms with Gasteiger partial charge in [0.1, 0.15) is 34.9 Å². The van der Waals surface area contributed by atoms with Crippen LogP contribution in [-0.2, 0) is 32.0 Å². The lowest BCUT2D eigenvalue weighted by Crippen LogP contribution is -2.17. The largest absolute Gasteiger partial charge is 0.481 e. The predicted octanol–water partition coefficient (Wildman–Crippen LogP) is 1.81. The highest BCUT2D eigenvalue weighted by molar-refractivity contribution is 7.61. The third-order valence-electron chi connectivity index (χ3n) is 5.99. The summed E-state index contributed by atoms with van der Waals surface area (Å²) in [5.41, 5.74) is 12.0. The minimum atomic E-state index is -4.99. The van der Waals surface area contributed by atoms with Gasteiger partial charge in [0.15, 0.2) is 11.5 Å². The summed E-state index contributed by atoms with van der Waals surface area (Å²) in [6.07, 6.45) is 2.63. The number of fused-ring (bicyclic) bond motifs is 1. The fraction of sp³-hybridized carbons (Fsp3) is 0.526. The molecule has 0 bridgehead atoms. The maximum absolute atomic E-state index is 12.3. The van der Waals surface area contributed by atoms with Gasteiger partial charge in [-0.1, -0.05) is 0 Å².